The average molecular weight is 341 g/mol. The van der Waals surface area contributed by atoms with Crippen molar-refractivity contribution in [2.24, 2.45) is 0 Å². The summed E-state index contributed by atoms with van der Waals surface area (Å²) in [5.74, 6) is 0.587. The van der Waals surface area contributed by atoms with E-state index in [1.807, 2.05) is 0 Å². The van der Waals surface area contributed by atoms with Crippen LogP contribution in [0, 0.1) is 17.1 Å². The lowest BCUT2D eigenvalue weighted by Crippen LogP contribution is -2.34. The first-order valence-corrected chi connectivity index (χ1v) is 8.60. The highest BCUT2D eigenvalue weighted by atomic mass is 32.2. The molecule has 0 radical (unpaired) electrons. The van der Waals surface area contributed by atoms with Crippen LogP contribution in [0.5, 0.6) is 0 Å². The summed E-state index contributed by atoms with van der Waals surface area (Å²) in [6.07, 6.45) is 1.10. The van der Waals surface area contributed by atoms with Crippen molar-refractivity contribution in [3.05, 3.63) is 59.4 Å². The number of thioether (sulfide) groups is 1. The molecule has 6 heteroatoms. The zero-order chi connectivity index (χ0) is 16.9. The first-order valence-electron chi connectivity index (χ1n) is 7.61. The summed E-state index contributed by atoms with van der Waals surface area (Å²) in [5.41, 5.74) is 2.38. The monoisotopic (exact) mass is 341 g/mol. The number of carbonyl (C=O) groups excluding carboxylic acids is 1. The van der Waals surface area contributed by atoms with Gasteiger partial charge in [0.2, 0.25) is 0 Å². The van der Waals surface area contributed by atoms with E-state index in [1.165, 1.54) is 12.1 Å². The number of anilines is 1. The second-order valence-corrected chi connectivity index (χ2v) is 6.64. The minimum atomic E-state index is -0.324. The smallest absolute Gasteiger partial charge is 0.319 e. The topological polar surface area (TPSA) is 64.9 Å². The number of rotatable bonds is 3. The lowest BCUT2D eigenvalue weighted by molar-refractivity contribution is 0.248. The van der Waals surface area contributed by atoms with Crippen molar-refractivity contribution >= 4 is 23.5 Å². The average Bonchev–Trinajstić information content (AvgIpc) is 2.57. The molecule has 2 aromatic rings. The number of fused-ring (bicyclic) bond motifs is 1. The minimum absolute atomic E-state index is 0.199. The molecule has 2 aromatic carbocycles. The maximum Gasteiger partial charge on any atom is 0.319 e. The highest BCUT2D eigenvalue weighted by Gasteiger charge is 2.22. The number of halogens is 1. The molecule has 0 aromatic heterocycles. The fourth-order valence-corrected chi connectivity index (χ4v) is 3.74. The lowest BCUT2D eigenvalue weighted by Gasteiger charge is -2.26. The summed E-state index contributed by atoms with van der Waals surface area (Å²) in [7, 11) is 0. The van der Waals surface area contributed by atoms with E-state index in [2.05, 4.69) is 16.7 Å². The highest BCUT2D eigenvalue weighted by Crippen LogP contribution is 2.36. The van der Waals surface area contributed by atoms with Crippen LogP contribution in [-0.2, 0) is 6.42 Å². The molecule has 3 rings (SSSR count). The molecule has 1 aliphatic rings. The molecule has 0 aliphatic carbocycles. The molecule has 1 heterocycles. The number of nitrogens with one attached hydrogen (secondary N) is 2. The highest BCUT2D eigenvalue weighted by molar-refractivity contribution is 7.99. The number of nitrogens with zero attached hydrogens (tertiary/aromatic N) is 1. The van der Waals surface area contributed by atoms with Crippen LogP contribution in [0.2, 0.25) is 0 Å². The van der Waals surface area contributed by atoms with Crippen molar-refractivity contribution in [1.29, 1.82) is 5.26 Å². The molecule has 1 aliphatic heterocycles. The Morgan fingerprint density at radius 2 is 2.08 bits per heavy atom. The van der Waals surface area contributed by atoms with E-state index >= 15 is 0 Å². The Morgan fingerprint density at radius 3 is 2.83 bits per heavy atom. The fourth-order valence-electron chi connectivity index (χ4n) is 2.64. The van der Waals surface area contributed by atoms with Gasteiger partial charge in [0.1, 0.15) is 5.82 Å². The number of carbonyl (C=O) groups is 1. The summed E-state index contributed by atoms with van der Waals surface area (Å²) in [6.45, 7) is 0. The molecule has 1 atom stereocenters. The predicted molar refractivity (Wildman–Crippen MR) is 92.4 cm³/mol. The molecule has 0 bridgehead atoms. The van der Waals surface area contributed by atoms with Crippen molar-refractivity contribution in [2.45, 2.75) is 23.8 Å². The van der Waals surface area contributed by atoms with Crippen LogP contribution >= 0.6 is 11.8 Å². The van der Waals surface area contributed by atoms with Gasteiger partial charge in [0.15, 0.2) is 0 Å². The van der Waals surface area contributed by atoms with Gasteiger partial charge in [-0.3, -0.25) is 0 Å². The van der Waals surface area contributed by atoms with Gasteiger partial charge in [0, 0.05) is 16.3 Å². The van der Waals surface area contributed by atoms with Crippen LogP contribution in [0.1, 0.15) is 23.6 Å². The quantitative estimate of drug-likeness (QED) is 0.877. The van der Waals surface area contributed by atoms with Gasteiger partial charge in [0.05, 0.1) is 18.5 Å². The van der Waals surface area contributed by atoms with E-state index < -0.39 is 0 Å². The molecule has 0 saturated carbocycles. The van der Waals surface area contributed by atoms with Gasteiger partial charge in [-0.05, 0) is 47.9 Å². The fraction of sp³-hybridized carbons (Fsp3) is 0.222. The number of nitriles is 1. The summed E-state index contributed by atoms with van der Waals surface area (Å²) < 4.78 is 13.5. The molecule has 122 valence electrons. The Morgan fingerprint density at radius 1 is 1.29 bits per heavy atom. The van der Waals surface area contributed by atoms with Gasteiger partial charge in [-0.1, -0.05) is 12.1 Å². The van der Waals surface area contributed by atoms with Crippen LogP contribution < -0.4 is 10.6 Å². The summed E-state index contributed by atoms with van der Waals surface area (Å²) in [4.78, 5) is 13.2. The van der Waals surface area contributed by atoms with Crippen LogP contribution in [0.3, 0.4) is 0 Å². The van der Waals surface area contributed by atoms with Gasteiger partial charge in [-0.15, -0.1) is 11.8 Å². The van der Waals surface area contributed by atoms with Gasteiger partial charge < -0.3 is 10.6 Å². The van der Waals surface area contributed by atoms with Crippen molar-refractivity contribution in [2.75, 3.05) is 11.1 Å². The van der Waals surface area contributed by atoms with E-state index in [9.17, 15) is 9.18 Å². The number of hydrogen-bond donors (Lipinski definition) is 2. The maximum atomic E-state index is 13.5. The molecule has 0 saturated heterocycles. The molecule has 24 heavy (non-hydrogen) atoms. The van der Waals surface area contributed by atoms with E-state index in [0.29, 0.717) is 12.1 Å². The van der Waals surface area contributed by atoms with Crippen molar-refractivity contribution in [3.8, 4) is 6.07 Å². The van der Waals surface area contributed by atoms with E-state index in [1.54, 1.807) is 42.1 Å². The van der Waals surface area contributed by atoms with E-state index in [4.69, 9.17) is 5.26 Å². The normalized spacial score (nSPS) is 15.9. The third-order valence-electron chi connectivity index (χ3n) is 3.81. The SMILES string of the molecule is N#CCc1ccc(NC(=O)NC2CCSc3ccc(F)cc32)cc1. The van der Waals surface area contributed by atoms with Crippen LogP contribution in [0.25, 0.3) is 0 Å². The van der Waals surface area contributed by atoms with Gasteiger partial charge in [-0.25, -0.2) is 9.18 Å². The van der Waals surface area contributed by atoms with Gasteiger partial charge >= 0.3 is 6.03 Å². The number of hydrogen-bond acceptors (Lipinski definition) is 3. The van der Waals surface area contributed by atoms with Crippen LogP contribution in [-0.4, -0.2) is 11.8 Å². The zero-order valence-corrected chi connectivity index (χ0v) is 13.7. The number of urea groups is 1. The van der Waals surface area contributed by atoms with Crippen molar-refractivity contribution < 1.29 is 9.18 Å². The first kappa shape index (κ1) is 16.3. The lowest BCUT2D eigenvalue weighted by atomic mass is 10.0. The largest absolute Gasteiger partial charge is 0.331 e. The van der Waals surface area contributed by atoms with E-state index in [-0.39, 0.29) is 17.9 Å². The Balaban J connectivity index is 1.66. The second-order valence-electron chi connectivity index (χ2n) is 5.50. The number of benzene rings is 2. The summed E-state index contributed by atoms with van der Waals surface area (Å²) >= 11 is 1.67. The Bertz CT molecular complexity index is 786. The molecule has 2 amide bonds. The van der Waals surface area contributed by atoms with Crippen LogP contribution in [0.15, 0.2) is 47.4 Å². The summed E-state index contributed by atoms with van der Waals surface area (Å²) in [6, 6.07) is 13.4. The number of amides is 2. The van der Waals surface area contributed by atoms with Gasteiger partial charge in [0.25, 0.3) is 0 Å². The summed E-state index contributed by atoms with van der Waals surface area (Å²) in [5, 5.41) is 14.3. The molecule has 4 nitrogen and oxygen atoms in total. The molecule has 2 N–H and O–H groups in total. The Kier molecular flexibility index (Phi) is 5.02. The van der Waals surface area contributed by atoms with Crippen molar-refractivity contribution in [3.63, 3.8) is 0 Å². The zero-order valence-electron chi connectivity index (χ0n) is 12.9. The maximum absolute atomic E-state index is 13.5. The standard InChI is InChI=1S/C18H16FN3OS/c19-13-3-6-17-15(11-13)16(8-10-24-17)22-18(23)21-14-4-1-12(2-5-14)7-9-20/h1-6,11,16H,7-8,10H2,(H2,21,22,23). The minimum Gasteiger partial charge on any atom is -0.331 e. The van der Waals surface area contributed by atoms with Crippen LogP contribution in [0.4, 0.5) is 14.9 Å². The molecule has 0 spiro atoms. The first-order chi connectivity index (χ1) is 11.7. The van der Waals surface area contributed by atoms with Crippen molar-refractivity contribution in [1.82, 2.24) is 5.32 Å². The third kappa shape index (κ3) is 3.87. The third-order valence-corrected chi connectivity index (χ3v) is 4.93. The molecular weight excluding hydrogens is 325 g/mol. The van der Waals surface area contributed by atoms with E-state index in [0.717, 1.165) is 28.2 Å². The molecule has 1 unspecified atom stereocenters. The molecular formula is C18H16FN3OS. The Labute approximate surface area is 144 Å². The second kappa shape index (κ2) is 7.37. The Hall–Kier alpha value is -2.52. The molecule has 0 fully saturated rings. The van der Waals surface area contributed by atoms with Gasteiger partial charge in [-0.2, -0.15) is 5.26 Å². The predicted octanol–water partition coefficient (Wildman–Crippen LogP) is 4.25.